The quantitative estimate of drug-likeness (QED) is 0.897. The first-order valence-electron chi connectivity index (χ1n) is 8.89. The molecular weight excluding hydrogens is 324 g/mol. The molecule has 3 aliphatic heterocycles. The van der Waals surface area contributed by atoms with Crippen molar-refractivity contribution in [1.29, 1.82) is 0 Å². The summed E-state index contributed by atoms with van der Waals surface area (Å²) in [5.41, 5.74) is 1.23. The van der Waals surface area contributed by atoms with Crippen LogP contribution >= 0.6 is 11.3 Å². The van der Waals surface area contributed by atoms with Gasteiger partial charge >= 0.3 is 0 Å². The third kappa shape index (κ3) is 3.07. The van der Waals surface area contributed by atoms with Crippen LogP contribution in [0.1, 0.15) is 37.8 Å². The van der Waals surface area contributed by atoms with Gasteiger partial charge in [-0.25, -0.2) is 4.98 Å². The molecule has 0 radical (unpaired) electrons. The van der Waals surface area contributed by atoms with Crippen LogP contribution in [0.4, 0.5) is 5.13 Å². The highest BCUT2D eigenvalue weighted by atomic mass is 32.1. The molecule has 1 aromatic rings. The highest BCUT2D eigenvalue weighted by Gasteiger charge is 2.38. The lowest BCUT2D eigenvalue weighted by Gasteiger charge is -2.38. The topological polar surface area (TPSA) is 65.5 Å². The molecule has 3 aliphatic rings. The normalized spacial score (nSPS) is 23.4. The van der Waals surface area contributed by atoms with E-state index in [1.807, 2.05) is 10.3 Å². The van der Waals surface area contributed by atoms with E-state index in [9.17, 15) is 9.59 Å². The zero-order valence-electron chi connectivity index (χ0n) is 13.9. The summed E-state index contributed by atoms with van der Waals surface area (Å²) in [5, 5.41) is 6.12. The van der Waals surface area contributed by atoms with Crippen LogP contribution in [0.15, 0.2) is 5.38 Å². The first-order valence-corrected chi connectivity index (χ1v) is 9.77. The van der Waals surface area contributed by atoms with Crippen molar-refractivity contribution in [2.24, 2.45) is 5.41 Å². The summed E-state index contributed by atoms with van der Waals surface area (Å²) in [6.07, 6.45) is 5.32. The number of anilines is 1. The van der Waals surface area contributed by atoms with E-state index in [1.54, 1.807) is 4.90 Å². The second-order valence-corrected chi connectivity index (χ2v) is 8.09. The van der Waals surface area contributed by atoms with Gasteiger partial charge in [-0.1, -0.05) is 0 Å². The number of carbonyl (C=O) groups excluding carboxylic acids is 2. The van der Waals surface area contributed by atoms with Crippen LogP contribution in [0.3, 0.4) is 0 Å². The van der Waals surface area contributed by atoms with Crippen molar-refractivity contribution in [1.82, 2.24) is 15.2 Å². The summed E-state index contributed by atoms with van der Waals surface area (Å²) in [6.45, 7) is 4.70. The van der Waals surface area contributed by atoms with Crippen molar-refractivity contribution in [2.45, 2.75) is 38.5 Å². The molecule has 6 nitrogen and oxygen atoms in total. The minimum absolute atomic E-state index is 0.147. The van der Waals surface area contributed by atoms with Gasteiger partial charge in [0.15, 0.2) is 5.13 Å². The fourth-order valence-corrected chi connectivity index (χ4v) is 4.94. The van der Waals surface area contributed by atoms with Crippen molar-refractivity contribution in [3.63, 3.8) is 0 Å². The molecule has 1 spiro atoms. The number of hydrogen-bond acceptors (Lipinski definition) is 5. The van der Waals surface area contributed by atoms with Crippen LogP contribution in [0.5, 0.6) is 0 Å². The Morgan fingerprint density at radius 1 is 1.29 bits per heavy atom. The van der Waals surface area contributed by atoms with E-state index in [1.165, 1.54) is 17.8 Å². The molecule has 0 unspecified atom stereocenters. The molecule has 3 saturated heterocycles. The van der Waals surface area contributed by atoms with Gasteiger partial charge in [0, 0.05) is 38.0 Å². The predicted molar refractivity (Wildman–Crippen MR) is 93.1 cm³/mol. The van der Waals surface area contributed by atoms with E-state index in [2.05, 4.69) is 10.3 Å². The first kappa shape index (κ1) is 16.0. The molecule has 0 bridgehead atoms. The number of hydrogen-bond donors (Lipinski definition) is 1. The van der Waals surface area contributed by atoms with Crippen molar-refractivity contribution in [3.8, 4) is 0 Å². The Morgan fingerprint density at radius 2 is 2.12 bits per heavy atom. The van der Waals surface area contributed by atoms with Gasteiger partial charge in [0.1, 0.15) is 0 Å². The van der Waals surface area contributed by atoms with Crippen molar-refractivity contribution >= 4 is 28.3 Å². The lowest BCUT2D eigenvalue weighted by atomic mass is 9.78. The van der Waals surface area contributed by atoms with Gasteiger partial charge in [-0.3, -0.25) is 14.5 Å². The molecule has 130 valence electrons. The van der Waals surface area contributed by atoms with Gasteiger partial charge in [0.05, 0.1) is 12.1 Å². The smallest absolute Gasteiger partial charge is 0.228 e. The highest BCUT2D eigenvalue weighted by Crippen LogP contribution is 2.37. The number of aromatic nitrogens is 1. The van der Waals surface area contributed by atoms with Gasteiger partial charge in [0.25, 0.3) is 0 Å². The second kappa shape index (κ2) is 6.44. The molecule has 2 amide bonds. The zero-order chi connectivity index (χ0) is 16.6. The Morgan fingerprint density at radius 3 is 2.79 bits per heavy atom. The second-order valence-electron chi connectivity index (χ2n) is 7.25. The first-order chi connectivity index (χ1) is 11.7. The standard InChI is InChI=1S/C17H24N4O2S/c22-14-2-1-7-21(14)16-19-13(11-24-16)10-15(23)20-8-4-17(5-9-20)3-6-18-12-17/h11,18H,1-10,12H2. The minimum atomic E-state index is 0.147. The molecule has 4 heterocycles. The maximum Gasteiger partial charge on any atom is 0.228 e. The summed E-state index contributed by atoms with van der Waals surface area (Å²) in [6, 6.07) is 0. The minimum Gasteiger partial charge on any atom is -0.342 e. The summed E-state index contributed by atoms with van der Waals surface area (Å²) >= 11 is 1.47. The highest BCUT2D eigenvalue weighted by molar-refractivity contribution is 7.14. The number of rotatable bonds is 3. The van der Waals surface area contributed by atoms with Crippen LogP contribution in [0, 0.1) is 5.41 Å². The average molecular weight is 348 g/mol. The Kier molecular flexibility index (Phi) is 4.30. The average Bonchev–Trinajstić information content (AvgIpc) is 3.30. The van der Waals surface area contributed by atoms with Crippen molar-refractivity contribution in [3.05, 3.63) is 11.1 Å². The Balaban J connectivity index is 1.33. The molecular formula is C17H24N4O2S. The monoisotopic (exact) mass is 348 g/mol. The number of piperidine rings is 1. The van der Waals surface area contributed by atoms with Crippen LogP contribution < -0.4 is 10.2 Å². The van der Waals surface area contributed by atoms with E-state index < -0.39 is 0 Å². The van der Waals surface area contributed by atoms with Gasteiger partial charge < -0.3 is 10.2 Å². The molecule has 0 saturated carbocycles. The SMILES string of the molecule is O=C(Cc1csc(N2CCCC2=O)n1)N1CCC2(CCNC2)CC1. The molecule has 0 aromatic carbocycles. The van der Waals surface area contributed by atoms with E-state index in [0.717, 1.165) is 62.8 Å². The fourth-order valence-electron chi connectivity index (χ4n) is 4.07. The van der Waals surface area contributed by atoms with Crippen molar-refractivity contribution in [2.75, 3.05) is 37.6 Å². The van der Waals surface area contributed by atoms with E-state index in [4.69, 9.17) is 0 Å². The predicted octanol–water partition coefficient (Wildman–Crippen LogP) is 1.41. The van der Waals surface area contributed by atoms with Crippen LogP contribution in [0.2, 0.25) is 0 Å². The number of carbonyl (C=O) groups is 2. The Hall–Kier alpha value is -1.47. The van der Waals surface area contributed by atoms with Crippen LogP contribution in [-0.4, -0.2) is 54.4 Å². The summed E-state index contributed by atoms with van der Waals surface area (Å²) in [5.74, 6) is 0.314. The van der Waals surface area contributed by atoms with Gasteiger partial charge in [-0.2, -0.15) is 0 Å². The maximum absolute atomic E-state index is 12.6. The number of nitrogens with one attached hydrogen (secondary N) is 1. The van der Waals surface area contributed by atoms with E-state index in [-0.39, 0.29) is 11.8 Å². The number of amides is 2. The zero-order valence-corrected chi connectivity index (χ0v) is 14.7. The molecule has 4 rings (SSSR count). The molecule has 1 aromatic heterocycles. The third-order valence-corrected chi connectivity index (χ3v) is 6.60. The number of thiazole rings is 1. The summed E-state index contributed by atoms with van der Waals surface area (Å²) < 4.78 is 0. The molecule has 24 heavy (non-hydrogen) atoms. The van der Waals surface area contributed by atoms with Gasteiger partial charge in [-0.05, 0) is 37.6 Å². The largest absolute Gasteiger partial charge is 0.342 e. The third-order valence-electron chi connectivity index (χ3n) is 5.69. The van der Waals surface area contributed by atoms with Gasteiger partial charge in [-0.15, -0.1) is 11.3 Å². The number of likely N-dealkylation sites (tertiary alicyclic amines) is 1. The molecule has 7 heteroatoms. The van der Waals surface area contributed by atoms with Crippen LogP contribution in [-0.2, 0) is 16.0 Å². The maximum atomic E-state index is 12.6. The number of nitrogens with zero attached hydrogens (tertiary/aromatic N) is 3. The Bertz CT molecular complexity index is 628. The lowest BCUT2D eigenvalue weighted by Crippen LogP contribution is -2.44. The Labute approximate surface area is 146 Å². The van der Waals surface area contributed by atoms with E-state index >= 15 is 0 Å². The summed E-state index contributed by atoms with van der Waals surface area (Å²) in [4.78, 5) is 32.6. The lowest BCUT2D eigenvalue weighted by molar-refractivity contribution is -0.132. The van der Waals surface area contributed by atoms with E-state index in [0.29, 0.717) is 18.3 Å². The fraction of sp³-hybridized carbons (Fsp3) is 0.706. The molecule has 1 N–H and O–H groups in total. The molecule has 0 aliphatic carbocycles. The molecule has 0 atom stereocenters. The molecule has 3 fully saturated rings. The van der Waals surface area contributed by atoms with Crippen molar-refractivity contribution < 1.29 is 9.59 Å². The van der Waals surface area contributed by atoms with Gasteiger partial charge in [0.2, 0.25) is 11.8 Å². The summed E-state index contributed by atoms with van der Waals surface area (Å²) in [7, 11) is 0. The van der Waals surface area contributed by atoms with Crippen LogP contribution in [0.25, 0.3) is 0 Å².